The standard InChI is InChI=1S/C28H24N4O5/c1-37-20-11-9-17(10-12-20)15-30-16-25(33)31-24(28(30)34)14-22-21-7-2-3-8-23(21)29-26(22)27(31)18-5-4-6-19(13-18)32(35)36/h2-13,24,27,29H,14-16H2,1H3. The molecule has 1 aromatic heterocycles. The lowest BCUT2D eigenvalue weighted by Gasteiger charge is -2.47. The van der Waals surface area contributed by atoms with Crippen molar-refractivity contribution >= 4 is 28.4 Å². The predicted octanol–water partition coefficient (Wildman–Crippen LogP) is 3.97. The monoisotopic (exact) mass is 496 g/mol. The van der Waals surface area contributed by atoms with E-state index in [2.05, 4.69) is 4.98 Å². The zero-order valence-corrected chi connectivity index (χ0v) is 20.1. The molecular formula is C28H24N4O5. The third kappa shape index (κ3) is 3.79. The van der Waals surface area contributed by atoms with Gasteiger partial charge in [0.05, 0.1) is 18.1 Å². The number of amides is 2. The number of fused-ring (bicyclic) bond motifs is 4. The first-order valence-electron chi connectivity index (χ1n) is 12.0. The van der Waals surface area contributed by atoms with E-state index in [-0.39, 0.29) is 24.0 Å². The summed E-state index contributed by atoms with van der Waals surface area (Å²) in [6, 6.07) is 20.2. The van der Waals surface area contributed by atoms with Gasteiger partial charge in [-0.25, -0.2) is 0 Å². The van der Waals surface area contributed by atoms with Crippen LogP contribution in [0.5, 0.6) is 5.75 Å². The maximum Gasteiger partial charge on any atom is 0.269 e. The summed E-state index contributed by atoms with van der Waals surface area (Å²) < 4.78 is 5.22. The number of aromatic nitrogens is 1. The molecule has 3 heterocycles. The van der Waals surface area contributed by atoms with Crippen molar-refractivity contribution in [1.29, 1.82) is 0 Å². The van der Waals surface area contributed by atoms with Gasteiger partial charge in [-0.1, -0.05) is 42.5 Å². The number of nitro benzene ring substituents is 1. The number of nitrogens with zero attached hydrogens (tertiary/aromatic N) is 3. The van der Waals surface area contributed by atoms with Crippen LogP contribution in [0.15, 0.2) is 72.8 Å². The Bertz CT molecular complexity index is 1540. The molecule has 37 heavy (non-hydrogen) atoms. The van der Waals surface area contributed by atoms with Crippen molar-refractivity contribution in [1.82, 2.24) is 14.8 Å². The number of nitrogens with one attached hydrogen (secondary N) is 1. The number of hydrogen-bond donors (Lipinski definition) is 1. The topological polar surface area (TPSA) is 109 Å². The molecule has 1 fully saturated rings. The van der Waals surface area contributed by atoms with E-state index in [1.165, 1.54) is 12.1 Å². The molecule has 186 valence electrons. The van der Waals surface area contributed by atoms with Gasteiger partial charge < -0.3 is 19.5 Å². The minimum Gasteiger partial charge on any atom is -0.497 e. The van der Waals surface area contributed by atoms with Gasteiger partial charge in [-0.15, -0.1) is 0 Å². The van der Waals surface area contributed by atoms with Crippen molar-refractivity contribution in [3.05, 3.63) is 105 Å². The van der Waals surface area contributed by atoms with Crippen LogP contribution in [0.25, 0.3) is 10.9 Å². The molecule has 2 amide bonds. The van der Waals surface area contributed by atoms with Gasteiger partial charge in [-0.05, 0) is 34.9 Å². The Kier molecular flexibility index (Phi) is 5.40. The van der Waals surface area contributed by atoms with Gasteiger partial charge in [0.2, 0.25) is 11.8 Å². The molecule has 4 aromatic rings. The predicted molar refractivity (Wildman–Crippen MR) is 136 cm³/mol. The first-order chi connectivity index (χ1) is 17.9. The van der Waals surface area contributed by atoms with Crippen molar-refractivity contribution in [3.63, 3.8) is 0 Å². The minimum absolute atomic E-state index is 0.0609. The molecule has 0 aliphatic carbocycles. The molecule has 2 unspecified atom stereocenters. The Labute approximate surface area is 212 Å². The highest BCUT2D eigenvalue weighted by atomic mass is 16.6. The highest BCUT2D eigenvalue weighted by molar-refractivity contribution is 5.97. The molecule has 9 heteroatoms. The number of rotatable bonds is 5. The zero-order chi connectivity index (χ0) is 25.7. The first kappa shape index (κ1) is 22.8. The van der Waals surface area contributed by atoms with Crippen molar-refractivity contribution in [3.8, 4) is 5.75 Å². The second-order valence-corrected chi connectivity index (χ2v) is 9.38. The number of nitro groups is 1. The minimum atomic E-state index is -0.713. The van der Waals surface area contributed by atoms with Crippen LogP contribution >= 0.6 is 0 Å². The van der Waals surface area contributed by atoms with Crippen molar-refractivity contribution < 1.29 is 19.2 Å². The van der Waals surface area contributed by atoms with Gasteiger partial charge in [-0.2, -0.15) is 0 Å². The van der Waals surface area contributed by atoms with Gasteiger partial charge in [0.15, 0.2) is 0 Å². The lowest BCUT2D eigenvalue weighted by atomic mass is 9.86. The quantitative estimate of drug-likeness (QED) is 0.332. The van der Waals surface area contributed by atoms with Gasteiger partial charge in [0, 0.05) is 41.7 Å². The number of hydrogen-bond acceptors (Lipinski definition) is 5. The first-order valence-corrected chi connectivity index (χ1v) is 12.0. The summed E-state index contributed by atoms with van der Waals surface area (Å²) in [6.45, 7) is 0.240. The van der Waals surface area contributed by atoms with Crippen molar-refractivity contribution in [2.24, 2.45) is 0 Å². The Balaban J connectivity index is 1.43. The maximum absolute atomic E-state index is 13.8. The third-order valence-electron chi connectivity index (χ3n) is 7.27. The Morgan fingerprint density at radius 1 is 1.05 bits per heavy atom. The maximum atomic E-state index is 13.8. The van der Waals surface area contributed by atoms with Crippen molar-refractivity contribution in [2.75, 3.05) is 13.7 Å². The largest absolute Gasteiger partial charge is 0.497 e. The van der Waals surface area contributed by atoms with Crippen LogP contribution in [0, 0.1) is 10.1 Å². The number of para-hydroxylation sites is 1. The molecule has 0 spiro atoms. The van der Waals surface area contributed by atoms with E-state index in [9.17, 15) is 19.7 Å². The molecule has 1 N–H and O–H groups in total. The smallest absolute Gasteiger partial charge is 0.269 e. The van der Waals surface area contributed by atoms with Gasteiger partial charge in [-0.3, -0.25) is 19.7 Å². The average molecular weight is 497 g/mol. The highest BCUT2D eigenvalue weighted by Gasteiger charge is 2.48. The summed E-state index contributed by atoms with van der Waals surface area (Å²) in [7, 11) is 1.59. The molecular weight excluding hydrogens is 472 g/mol. The Hall–Kier alpha value is -4.66. The fraction of sp³-hybridized carbons (Fsp3) is 0.214. The number of carbonyl (C=O) groups is 2. The van der Waals surface area contributed by atoms with E-state index in [1.807, 2.05) is 48.5 Å². The molecule has 2 atom stereocenters. The van der Waals surface area contributed by atoms with E-state index >= 15 is 0 Å². The Morgan fingerprint density at radius 2 is 1.84 bits per heavy atom. The fourth-order valence-electron chi connectivity index (χ4n) is 5.56. The molecule has 3 aromatic carbocycles. The zero-order valence-electron chi connectivity index (χ0n) is 20.1. The number of carbonyl (C=O) groups excluding carboxylic acids is 2. The average Bonchev–Trinajstić information content (AvgIpc) is 3.29. The molecule has 1 saturated heterocycles. The molecule has 2 aliphatic heterocycles. The number of ether oxygens (including phenoxy) is 1. The van der Waals surface area contributed by atoms with E-state index in [0.29, 0.717) is 18.5 Å². The molecule has 0 saturated carbocycles. The van der Waals surface area contributed by atoms with Gasteiger partial charge in [0.1, 0.15) is 18.3 Å². The summed E-state index contributed by atoms with van der Waals surface area (Å²) in [5.74, 6) is 0.385. The Morgan fingerprint density at radius 3 is 2.59 bits per heavy atom. The van der Waals surface area contributed by atoms with Crippen LogP contribution in [-0.4, -0.2) is 51.2 Å². The second kappa shape index (κ2) is 8.77. The van der Waals surface area contributed by atoms with Crippen molar-refractivity contribution in [2.45, 2.75) is 25.0 Å². The lowest BCUT2D eigenvalue weighted by molar-refractivity contribution is -0.384. The van der Waals surface area contributed by atoms with Crippen LogP contribution in [0.3, 0.4) is 0 Å². The summed E-state index contributed by atoms with van der Waals surface area (Å²) in [6.07, 6.45) is 0.370. The number of benzene rings is 3. The molecule has 0 bridgehead atoms. The summed E-state index contributed by atoms with van der Waals surface area (Å²) in [5.41, 5.74) is 4.08. The number of non-ortho nitro benzene ring substituents is 1. The van der Waals surface area contributed by atoms with E-state index in [4.69, 9.17) is 4.74 Å². The van der Waals surface area contributed by atoms with Crippen LogP contribution in [0.4, 0.5) is 5.69 Å². The van der Waals surface area contributed by atoms with Crippen LogP contribution in [0.1, 0.15) is 28.4 Å². The number of methoxy groups -OCH3 is 1. The third-order valence-corrected chi connectivity index (χ3v) is 7.27. The molecule has 0 radical (unpaired) electrons. The van der Waals surface area contributed by atoms with Crippen LogP contribution in [-0.2, 0) is 22.6 Å². The number of piperazine rings is 1. The van der Waals surface area contributed by atoms with Crippen LogP contribution in [0.2, 0.25) is 0 Å². The van der Waals surface area contributed by atoms with Gasteiger partial charge in [0.25, 0.3) is 5.69 Å². The summed E-state index contributed by atoms with van der Waals surface area (Å²) >= 11 is 0. The van der Waals surface area contributed by atoms with Crippen LogP contribution < -0.4 is 4.74 Å². The van der Waals surface area contributed by atoms with Gasteiger partial charge >= 0.3 is 0 Å². The SMILES string of the molecule is COc1ccc(CN2CC(=O)N3C(Cc4c([nH]c5ccccc45)C3c3cccc([N+](=O)[O-])c3)C2=O)cc1. The van der Waals surface area contributed by atoms with E-state index < -0.39 is 17.0 Å². The summed E-state index contributed by atoms with van der Waals surface area (Å²) in [4.78, 5) is 45.2. The summed E-state index contributed by atoms with van der Waals surface area (Å²) in [5, 5.41) is 12.5. The molecule has 6 rings (SSSR count). The molecule has 2 aliphatic rings. The van der Waals surface area contributed by atoms with E-state index in [0.717, 1.165) is 33.5 Å². The number of H-pyrrole nitrogens is 1. The van der Waals surface area contributed by atoms with E-state index in [1.54, 1.807) is 29.0 Å². The highest BCUT2D eigenvalue weighted by Crippen LogP contribution is 2.43. The normalized spacial score (nSPS) is 19.1. The lowest BCUT2D eigenvalue weighted by Crippen LogP contribution is -2.62. The molecule has 9 nitrogen and oxygen atoms in total. The number of aromatic amines is 1. The second-order valence-electron chi connectivity index (χ2n) is 9.38. The fourth-order valence-corrected chi connectivity index (χ4v) is 5.56.